The molecule has 9 heteroatoms. The van der Waals surface area contributed by atoms with E-state index in [0.29, 0.717) is 27.7 Å². The van der Waals surface area contributed by atoms with Crippen LogP contribution in [-0.4, -0.2) is 20.5 Å². The molecule has 0 radical (unpaired) electrons. The van der Waals surface area contributed by atoms with Crippen molar-refractivity contribution >= 4 is 39.7 Å². The standard InChI is InChI=1S/C22H19FN4O2S2/c1-2-5-19-26-27-20(28)12-16(24-22(27)31-19)13-30-18-7-4-3-6-17(18)25-21(29)14-8-10-15(23)11-9-14/h3-4,6-12H,2,5,13H2,1H3,(H,25,29). The predicted octanol–water partition coefficient (Wildman–Crippen LogP) is 4.79. The van der Waals surface area contributed by atoms with Crippen molar-refractivity contribution in [3.63, 3.8) is 0 Å². The van der Waals surface area contributed by atoms with Crippen molar-refractivity contribution in [2.75, 3.05) is 5.32 Å². The number of halogens is 1. The highest BCUT2D eigenvalue weighted by Gasteiger charge is 2.12. The molecule has 2 heterocycles. The van der Waals surface area contributed by atoms with Crippen molar-refractivity contribution in [1.29, 1.82) is 0 Å². The fourth-order valence-corrected chi connectivity index (χ4v) is 4.85. The Hall–Kier alpha value is -3.04. The molecule has 0 spiro atoms. The number of carbonyl (C=O) groups is 1. The molecule has 4 rings (SSSR count). The quantitative estimate of drug-likeness (QED) is 0.407. The number of aromatic nitrogens is 3. The molecule has 2 aromatic carbocycles. The van der Waals surface area contributed by atoms with Crippen LogP contribution in [0.4, 0.5) is 10.1 Å². The Labute approximate surface area is 186 Å². The predicted molar refractivity (Wildman–Crippen MR) is 121 cm³/mol. The van der Waals surface area contributed by atoms with E-state index in [1.807, 2.05) is 18.2 Å². The van der Waals surface area contributed by atoms with Crippen molar-refractivity contribution in [3.05, 3.63) is 87.0 Å². The molecule has 0 saturated carbocycles. The van der Waals surface area contributed by atoms with E-state index in [-0.39, 0.29) is 11.5 Å². The van der Waals surface area contributed by atoms with E-state index in [0.717, 1.165) is 22.7 Å². The number of nitrogens with one attached hydrogen (secondary N) is 1. The normalized spacial score (nSPS) is 11.0. The fourth-order valence-electron chi connectivity index (χ4n) is 2.93. The summed E-state index contributed by atoms with van der Waals surface area (Å²) in [7, 11) is 0. The molecule has 4 aromatic rings. The smallest absolute Gasteiger partial charge is 0.275 e. The van der Waals surface area contributed by atoms with E-state index < -0.39 is 5.82 Å². The molecule has 0 aliphatic rings. The second-order valence-corrected chi connectivity index (χ2v) is 8.83. The van der Waals surface area contributed by atoms with Gasteiger partial charge in [0.15, 0.2) is 0 Å². The zero-order valence-corrected chi connectivity index (χ0v) is 18.3. The zero-order valence-electron chi connectivity index (χ0n) is 16.7. The van der Waals surface area contributed by atoms with Gasteiger partial charge in [-0.15, -0.1) is 11.8 Å². The Bertz CT molecular complexity index is 1280. The minimum atomic E-state index is -0.393. The van der Waals surface area contributed by atoms with E-state index in [4.69, 9.17) is 0 Å². The van der Waals surface area contributed by atoms with Gasteiger partial charge in [-0.25, -0.2) is 9.37 Å². The summed E-state index contributed by atoms with van der Waals surface area (Å²) in [6.07, 6.45) is 1.77. The van der Waals surface area contributed by atoms with Crippen LogP contribution in [0.1, 0.15) is 34.4 Å². The SMILES string of the molecule is CCCc1nn2c(=O)cc(CSc3ccccc3NC(=O)c3ccc(F)cc3)nc2s1. The number of carbonyl (C=O) groups excluding carboxylic acids is 1. The minimum absolute atomic E-state index is 0.197. The maximum Gasteiger partial charge on any atom is 0.275 e. The number of nitrogens with zero attached hydrogens (tertiary/aromatic N) is 3. The lowest BCUT2D eigenvalue weighted by molar-refractivity contribution is 0.102. The average Bonchev–Trinajstić information content (AvgIpc) is 3.17. The molecule has 1 amide bonds. The molecule has 0 aliphatic heterocycles. The number of benzene rings is 2. The van der Waals surface area contributed by atoms with Gasteiger partial charge in [-0.3, -0.25) is 9.59 Å². The van der Waals surface area contributed by atoms with Crippen molar-refractivity contribution in [3.8, 4) is 0 Å². The molecular formula is C22H19FN4O2S2. The van der Waals surface area contributed by atoms with Gasteiger partial charge in [0.1, 0.15) is 10.8 Å². The van der Waals surface area contributed by atoms with Crippen molar-refractivity contribution in [2.24, 2.45) is 0 Å². The van der Waals surface area contributed by atoms with Crippen LogP contribution in [0.25, 0.3) is 4.96 Å². The Balaban J connectivity index is 1.51. The fraction of sp³-hybridized carbons (Fsp3) is 0.182. The topological polar surface area (TPSA) is 76.4 Å². The number of anilines is 1. The van der Waals surface area contributed by atoms with Gasteiger partial charge in [0.2, 0.25) is 4.96 Å². The number of fused-ring (bicyclic) bond motifs is 1. The molecular weight excluding hydrogens is 435 g/mol. The summed E-state index contributed by atoms with van der Waals surface area (Å²) in [5.74, 6) is -0.245. The van der Waals surface area contributed by atoms with Gasteiger partial charge < -0.3 is 5.32 Å². The van der Waals surface area contributed by atoms with E-state index in [9.17, 15) is 14.0 Å². The van der Waals surface area contributed by atoms with E-state index >= 15 is 0 Å². The average molecular weight is 455 g/mol. The lowest BCUT2D eigenvalue weighted by Gasteiger charge is -2.10. The number of rotatable bonds is 7. The van der Waals surface area contributed by atoms with E-state index in [1.165, 1.54) is 57.9 Å². The lowest BCUT2D eigenvalue weighted by Crippen LogP contribution is -2.15. The van der Waals surface area contributed by atoms with Crippen LogP contribution >= 0.6 is 23.1 Å². The summed E-state index contributed by atoms with van der Waals surface area (Å²) in [6.45, 7) is 2.07. The molecule has 0 unspecified atom stereocenters. The van der Waals surface area contributed by atoms with Gasteiger partial charge in [0, 0.05) is 28.7 Å². The van der Waals surface area contributed by atoms with E-state index in [1.54, 1.807) is 6.07 Å². The first-order chi connectivity index (χ1) is 15.0. The van der Waals surface area contributed by atoms with Gasteiger partial charge in [-0.05, 0) is 42.8 Å². The van der Waals surface area contributed by atoms with Crippen LogP contribution in [-0.2, 0) is 12.2 Å². The Morgan fingerprint density at radius 3 is 2.74 bits per heavy atom. The monoisotopic (exact) mass is 454 g/mol. The first-order valence-electron chi connectivity index (χ1n) is 9.71. The van der Waals surface area contributed by atoms with Crippen molar-refractivity contribution < 1.29 is 9.18 Å². The highest BCUT2D eigenvalue weighted by atomic mass is 32.2. The van der Waals surface area contributed by atoms with Gasteiger partial charge in [0.25, 0.3) is 11.5 Å². The lowest BCUT2D eigenvalue weighted by atomic mass is 10.2. The molecule has 0 saturated heterocycles. The second kappa shape index (κ2) is 9.40. The molecule has 31 heavy (non-hydrogen) atoms. The first kappa shape index (κ1) is 21.2. The summed E-state index contributed by atoms with van der Waals surface area (Å²) < 4.78 is 14.4. The zero-order chi connectivity index (χ0) is 21.8. The van der Waals surface area contributed by atoms with Crippen LogP contribution in [0, 0.1) is 5.82 Å². The molecule has 158 valence electrons. The van der Waals surface area contributed by atoms with Crippen molar-refractivity contribution in [1.82, 2.24) is 14.6 Å². The summed E-state index contributed by atoms with van der Waals surface area (Å²) in [5, 5.41) is 8.08. The number of para-hydroxylation sites is 1. The third kappa shape index (κ3) is 5.00. The second-order valence-electron chi connectivity index (χ2n) is 6.77. The number of hydrogen-bond donors (Lipinski definition) is 1. The Kier molecular flexibility index (Phi) is 6.43. The van der Waals surface area contributed by atoms with Gasteiger partial charge in [-0.1, -0.05) is 30.4 Å². The number of amides is 1. The number of hydrogen-bond acceptors (Lipinski definition) is 6. The van der Waals surface area contributed by atoms with Crippen LogP contribution < -0.4 is 10.9 Å². The molecule has 6 nitrogen and oxygen atoms in total. The van der Waals surface area contributed by atoms with Crippen molar-refractivity contribution in [2.45, 2.75) is 30.4 Å². The third-order valence-corrected chi connectivity index (χ3v) is 6.50. The summed E-state index contributed by atoms with van der Waals surface area (Å²) in [4.78, 5) is 30.9. The van der Waals surface area contributed by atoms with Gasteiger partial charge in [0.05, 0.1) is 11.4 Å². The molecule has 0 aliphatic carbocycles. The molecule has 1 N–H and O–H groups in total. The highest BCUT2D eigenvalue weighted by Crippen LogP contribution is 2.30. The number of aryl methyl sites for hydroxylation is 1. The maximum absolute atomic E-state index is 13.1. The summed E-state index contributed by atoms with van der Waals surface area (Å²) in [6, 6.07) is 14.3. The van der Waals surface area contributed by atoms with Crippen LogP contribution in [0.3, 0.4) is 0 Å². The van der Waals surface area contributed by atoms with E-state index in [2.05, 4.69) is 22.3 Å². The minimum Gasteiger partial charge on any atom is -0.321 e. The molecule has 2 aromatic heterocycles. The summed E-state index contributed by atoms with van der Waals surface area (Å²) in [5.41, 5.74) is 1.47. The van der Waals surface area contributed by atoms with Gasteiger partial charge in [-0.2, -0.15) is 9.61 Å². The van der Waals surface area contributed by atoms with Crippen LogP contribution in [0.15, 0.2) is 64.3 Å². The highest BCUT2D eigenvalue weighted by molar-refractivity contribution is 7.98. The first-order valence-corrected chi connectivity index (χ1v) is 11.5. The summed E-state index contributed by atoms with van der Waals surface area (Å²) >= 11 is 2.90. The largest absolute Gasteiger partial charge is 0.321 e. The van der Waals surface area contributed by atoms with Crippen LogP contribution in [0.5, 0.6) is 0 Å². The third-order valence-electron chi connectivity index (χ3n) is 4.42. The Morgan fingerprint density at radius 2 is 1.97 bits per heavy atom. The van der Waals surface area contributed by atoms with Crippen LogP contribution in [0.2, 0.25) is 0 Å². The molecule has 0 atom stereocenters. The number of thioether (sulfide) groups is 1. The molecule has 0 fully saturated rings. The van der Waals surface area contributed by atoms with Gasteiger partial charge >= 0.3 is 0 Å². The molecule has 0 bridgehead atoms. The maximum atomic E-state index is 13.1. The Morgan fingerprint density at radius 1 is 1.19 bits per heavy atom.